The Labute approximate surface area is 566 Å². The normalized spacial score (nSPS) is 19.8. The molecule has 0 bridgehead atoms. The lowest BCUT2D eigenvalue weighted by Gasteiger charge is -2.29. The van der Waals surface area contributed by atoms with E-state index < -0.39 is 177 Å². The van der Waals surface area contributed by atoms with Crippen molar-refractivity contribution in [3.8, 4) is 0 Å². The van der Waals surface area contributed by atoms with Crippen molar-refractivity contribution < 1.29 is 93.3 Å². The molecule has 530 valence electrons. The first-order valence-corrected chi connectivity index (χ1v) is 33.7. The molecule has 5 rings (SSSR count). The van der Waals surface area contributed by atoms with E-state index in [0.717, 1.165) is 31.4 Å². The van der Waals surface area contributed by atoms with Crippen molar-refractivity contribution in [2.24, 2.45) is 5.73 Å². The van der Waals surface area contributed by atoms with Gasteiger partial charge in [0.15, 0.2) is 0 Å². The predicted molar refractivity (Wildman–Crippen MR) is 356 cm³/mol. The molecular weight excluding hydrogens is 1310 g/mol. The number of aromatic amines is 1. The standard InChI is InChI=1S/C63H87N13O19S2/c1-37(78)48(34-77)70-62(94)50-36-97-96-35-49(71-58(90)45(25-39-13-5-3-6-14-39)66-51(80)29-75(31-53(83)84)23-21-74(30-52(81)82)22-24-76(32-54(85)86)33-55(87)88)61(93)68-46(26-40-15-7-4-8-16-40)59(91)69-47(27-41-28-65-43-18-10-9-17-42(41)43)60(92)67-44(19-11-12-20-64)57(89)73-56(38(2)79)63(95)72-50/h3-10,13-18,28,37-38,44-50,56,65,77-79H,11-12,19-27,29-36,64H2,1-2H3,(H,66,80)(H,67,92)(H,68,93)(H,69,91)(H,70,94)(H,71,90)(H,72,95)(H,73,89)(H,81,82)(H,83,84)(H,85,86)(H,87,88)/t37-,38-,44-,45-,46+,47-,48-,49-,50+,56+/m1/s1. The average molecular weight is 1390 g/mol. The maximum atomic E-state index is 15.2. The van der Waals surface area contributed by atoms with E-state index in [1.54, 1.807) is 91.1 Å². The number of unbranched alkanes of at least 4 members (excludes halogenated alkanes) is 1. The molecule has 8 amide bonds. The Hall–Kier alpha value is -8.74. The van der Waals surface area contributed by atoms with Gasteiger partial charge in [0.05, 0.1) is 57.6 Å². The number of H-pyrrole nitrogens is 1. The fraction of sp³-hybridized carbons (Fsp3) is 0.492. The van der Waals surface area contributed by atoms with E-state index in [0.29, 0.717) is 34.0 Å². The summed E-state index contributed by atoms with van der Waals surface area (Å²) in [4.78, 5) is 171. The zero-order valence-electron chi connectivity index (χ0n) is 53.6. The van der Waals surface area contributed by atoms with Crippen molar-refractivity contribution >= 4 is 104 Å². The molecule has 4 aromatic rings. The number of aliphatic hydroxyl groups is 3. The molecule has 2 heterocycles. The minimum absolute atomic E-state index is 0.0513. The topological polar surface area (TPSA) is 494 Å². The molecule has 1 aliphatic heterocycles. The van der Waals surface area contributed by atoms with Crippen LogP contribution in [0.2, 0.25) is 0 Å². The van der Waals surface area contributed by atoms with Gasteiger partial charge >= 0.3 is 23.9 Å². The van der Waals surface area contributed by atoms with Crippen LogP contribution in [0.4, 0.5) is 0 Å². The Bertz CT molecular complexity index is 3280. The number of para-hydroxylation sites is 1. The lowest BCUT2D eigenvalue weighted by Crippen LogP contribution is -2.62. The number of hydrogen-bond acceptors (Lipinski definition) is 21. The summed E-state index contributed by atoms with van der Waals surface area (Å²) in [6, 6.07) is 11.7. The highest BCUT2D eigenvalue weighted by Crippen LogP contribution is 2.25. The van der Waals surface area contributed by atoms with Gasteiger partial charge in [-0.15, -0.1) is 0 Å². The summed E-state index contributed by atoms with van der Waals surface area (Å²) in [5.41, 5.74) is 8.10. The molecule has 10 atom stereocenters. The number of carboxylic acids is 4. The first-order valence-electron chi connectivity index (χ1n) is 31.2. The van der Waals surface area contributed by atoms with Gasteiger partial charge in [0.2, 0.25) is 47.3 Å². The fourth-order valence-corrected chi connectivity index (χ4v) is 12.6. The molecule has 1 aliphatic rings. The second-order valence-electron chi connectivity index (χ2n) is 23.3. The number of nitrogens with one attached hydrogen (secondary N) is 9. The van der Waals surface area contributed by atoms with Crippen molar-refractivity contribution in [2.75, 3.05) is 83.6 Å². The molecule has 0 spiro atoms. The smallest absolute Gasteiger partial charge is 0.317 e. The number of carbonyl (C=O) groups is 12. The SMILES string of the molecule is C[C@@H](O)[C@@H]1NC(=O)[C@@H](CCCCN)NC(=O)[C@@H](Cc2c[nH]c3ccccc23)NC(=O)[C@H](Cc2ccccc2)NC(=O)[C@H](NC(=O)[C@@H](Cc2ccccc2)NC(=O)CN(CCN(CCN(CC(=O)O)CC(=O)O)CC(=O)O)CC(=O)O)CSSC[C@@H](C(=O)N[C@H](CO)[C@@H](C)O)NC1=O. The van der Waals surface area contributed by atoms with E-state index in [9.17, 15) is 83.7 Å². The van der Waals surface area contributed by atoms with Crippen LogP contribution in [-0.2, 0) is 76.8 Å². The molecule has 0 unspecified atom stereocenters. The van der Waals surface area contributed by atoms with Crippen LogP contribution in [0.15, 0.2) is 91.1 Å². The Kier molecular flexibility index (Phi) is 33.2. The number of amides is 8. The third-order valence-electron chi connectivity index (χ3n) is 15.4. The number of nitrogens with two attached hydrogens (primary N) is 1. The van der Waals surface area contributed by atoms with E-state index in [2.05, 4.69) is 47.5 Å². The number of carboxylic acid groups (broad SMARTS) is 4. The zero-order chi connectivity index (χ0) is 71.1. The monoisotopic (exact) mass is 1390 g/mol. The number of aliphatic hydroxyl groups excluding tert-OH is 3. The van der Waals surface area contributed by atoms with E-state index in [-0.39, 0.29) is 70.6 Å². The second kappa shape index (κ2) is 40.7. The van der Waals surface area contributed by atoms with Crippen molar-refractivity contribution in [1.82, 2.24) is 62.2 Å². The molecule has 32 nitrogen and oxygen atoms in total. The second-order valence-corrected chi connectivity index (χ2v) is 25.8. The Morgan fingerprint density at radius 2 is 1.10 bits per heavy atom. The van der Waals surface area contributed by atoms with Crippen LogP contribution in [0.25, 0.3) is 10.9 Å². The highest BCUT2D eigenvalue weighted by Gasteiger charge is 2.37. The lowest BCUT2D eigenvalue weighted by atomic mass is 10.0. The van der Waals surface area contributed by atoms with Gasteiger partial charge in [-0.3, -0.25) is 72.2 Å². The number of aromatic nitrogens is 1. The van der Waals surface area contributed by atoms with Crippen LogP contribution in [0.5, 0.6) is 0 Å². The van der Waals surface area contributed by atoms with Crippen LogP contribution in [-0.4, -0.2) is 271 Å². The lowest BCUT2D eigenvalue weighted by molar-refractivity contribution is -0.143. The summed E-state index contributed by atoms with van der Waals surface area (Å²) in [6.45, 7) is -2.46. The molecule has 34 heteroatoms. The molecular formula is C63H87N13O19S2. The summed E-state index contributed by atoms with van der Waals surface area (Å²) in [5, 5.41) is 91.6. The van der Waals surface area contributed by atoms with Crippen molar-refractivity contribution in [3.05, 3.63) is 108 Å². The number of nitrogens with zero attached hydrogens (tertiary/aromatic N) is 3. The molecule has 3 aromatic carbocycles. The maximum Gasteiger partial charge on any atom is 0.317 e. The van der Waals surface area contributed by atoms with E-state index in [1.807, 2.05) is 0 Å². The molecule has 1 fully saturated rings. The van der Waals surface area contributed by atoms with Gasteiger partial charge in [-0.1, -0.05) is 100 Å². The molecule has 1 aromatic heterocycles. The fourth-order valence-electron chi connectivity index (χ4n) is 10.3. The van der Waals surface area contributed by atoms with Crippen LogP contribution in [0.1, 0.15) is 49.8 Å². The number of hydrogen-bond donors (Lipinski definition) is 17. The van der Waals surface area contributed by atoms with Gasteiger partial charge in [-0.25, -0.2) is 0 Å². The molecule has 0 radical (unpaired) electrons. The third-order valence-corrected chi connectivity index (χ3v) is 17.8. The van der Waals surface area contributed by atoms with Gasteiger partial charge in [-0.05, 0) is 62.4 Å². The molecule has 97 heavy (non-hydrogen) atoms. The highest BCUT2D eigenvalue weighted by molar-refractivity contribution is 8.76. The average Bonchev–Trinajstić information content (AvgIpc) is 1.76. The third kappa shape index (κ3) is 27.7. The molecule has 18 N–H and O–H groups in total. The quantitative estimate of drug-likeness (QED) is 0.0160. The largest absolute Gasteiger partial charge is 0.480 e. The van der Waals surface area contributed by atoms with Crippen molar-refractivity contribution in [1.29, 1.82) is 0 Å². The highest BCUT2D eigenvalue weighted by atomic mass is 33.1. The van der Waals surface area contributed by atoms with Gasteiger partial charge < -0.3 is 89.0 Å². The van der Waals surface area contributed by atoms with Crippen molar-refractivity contribution in [3.63, 3.8) is 0 Å². The number of rotatable bonds is 34. The van der Waals surface area contributed by atoms with E-state index in [4.69, 9.17) is 5.73 Å². The van der Waals surface area contributed by atoms with Crippen molar-refractivity contribution in [2.45, 2.75) is 113 Å². The maximum absolute atomic E-state index is 15.2. The van der Waals surface area contributed by atoms with Crippen LogP contribution < -0.4 is 48.3 Å². The number of fused-ring (bicyclic) bond motifs is 1. The summed E-state index contributed by atoms with van der Waals surface area (Å²) in [6.07, 6.45) is -1.31. The zero-order valence-corrected chi connectivity index (χ0v) is 55.3. The van der Waals surface area contributed by atoms with Gasteiger partial charge in [0, 0.05) is 74.0 Å². The van der Waals surface area contributed by atoms with Crippen LogP contribution in [0, 0.1) is 0 Å². The Morgan fingerprint density at radius 3 is 1.68 bits per heavy atom. The minimum atomic E-state index is -1.78. The summed E-state index contributed by atoms with van der Waals surface area (Å²) < 4.78 is 0. The summed E-state index contributed by atoms with van der Waals surface area (Å²) in [7, 11) is 1.77. The molecule has 0 saturated carbocycles. The molecule has 1 saturated heterocycles. The first-order chi connectivity index (χ1) is 46.2. The van der Waals surface area contributed by atoms with E-state index in [1.165, 1.54) is 18.7 Å². The van der Waals surface area contributed by atoms with Crippen LogP contribution >= 0.6 is 21.6 Å². The summed E-state index contributed by atoms with van der Waals surface area (Å²) in [5.74, 6) is -13.8. The molecule has 0 aliphatic carbocycles. The summed E-state index contributed by atoms with van der Waals surface area (Å²) >= 11 is 0. The predicted octanol–water partition coefficient (Wildman–Crippen LogP) is -3.40. The van der Waals surface area contributed by atoms with Gasteiger partial charge in [0.25, 0.3) is 0 Å². The van der Waals surface area contributed by atoms with Gasteiger partial charge in [-0.2, -0.15) is 0 Å². The van der Waals surface area contributed by atoms with E-state index >= 15 is 9.59 Å². The number of benzene rings is 3. The minimum Gasteiger partial charge on any atom is -0.480 e. The Morgan fingerprint density at radius 1 is 0.588 bits per heavy atom. The number of aliphatic carboxylic acids is 4. The van der Waals surface area contributed by atoms with Gasteiger partial charge in [0.1, 0.15) is 42.3 Å². The number of carbonyl (C=O) groups excluding carboxylic acids is 8. The first kappa shape index (κ1) is 79.0. The van der Waals surface area contributed by atoms with Crippen LogP contribution in [0.3, 0.4) is 0 Å². The Balaban J connectivity index is 1.57.